The number of carboxylic acids is 1. The molecule has 40 nitrogen and oxygen atoms in total. The number of aliphatic hydroxyl groups excluding tert-OH is 1. The Bertz CT molecular complexity index is 4940. The minimum Gasteiger partial charge on any atom is -0.481 e. The van der Waals surface area contributed by atoms with Crippen molar-refractivity contribution in [1.82, 2.24) is 93.9 Å². The van der Waals surface area contributed by atoms with Crippen LogP contribution in [0.5, 0.6) is 0 Å². The molecule has 0 bridgehead atoms. The van der Waals surface area contributed by atoms with Crippen molar-refractivity contribution < 1.29 is 96.5 Å². The molecule has 0 spiro atoms. The number of H-pyrrole nitrogens is 2. The number of carbonyl (C=O) groups excluding carboxylic acids is 17. The summed E-state index contributed by atoms with van der Waals surface area (Å²) in [6.45, 7) is 11.8. The van der Waals surface area contributed by atoms with Crippen LogP contribution in [0, 0.1) is 23.7 Å². The summed E-state index contributed by atoms with van der Waals surface area (Å²) in [5.41, 5.74) is 14.9. The van der Waals surface area contributed by atoms with Crippen LogP contribution in [0.1, 0.15) is 110 Å². The Labute approximate surface area is 749 Å². The molecule has 0 unspecified atom stereocenters. The van der Waals surface area contributed by atoms with Crippen molar-refractivity contribution in [3.05, 3.63) is 150 Å². The highest BCUT2D eigenvalue weighted by atomic mass is 32.2. The van der Waals surface area contributed by atoms with E-state index in [-0.39, 0.29) is 49.6 Å². The zero-order valence-electron chi connectivity index (χ0n) is 73.8. The fraction of sp³-hybridized carbons (Fsp3) is 0.466. The Kier molecular flexibility index (Phi) is 39.3. The van der Waals surface area contributed by atoms with Crippen LogP contribution >= 0.6 is 11.8 Å². The molecule has 13 atom stereocenters. The average molecular weight is 1810 g/mol. The SMILES string of the molecule is CC(C)C[C@@H]1NC(=O)[C@H](Cc2c[nH]c3ccccc23)NC(=O)[C@H](CC(=O)O)NC(=O)[C@H](Cc2cnc[nH]2)NC(=O)[C@H](Cc2ccccc2)NC(=O)CSC[C@@H](C(=O)NCC(N)=O)NC(=O)[C@H](CO)NC(=O)[C@H](C(C)C)NC(=O)[C@H](CC(C)C)NC(=O)[C@H](CC(N)=O)NC(=O)CN(C)C(=O)[C@H](C)N(C)C(=O)[C@H](C(C)C)NC(=O)[C@H](Cc2ccc(-c3ccccc3)cc2)NC1=O. The maximum Gasteiger partial charge on any atom is 0.305 e. The molecule has 1 aliphatic rings. The van der Waals surface area contributed by atoms with E-state index in [2.05, 4.69) is 84.1 Å². The topological polar surface area (TPSA) is 607 Å². The number of hydrogen-bond donors (Lipinski definition) is 19. The van der Waals surface area contributed by atoms with E-state index in [0.717, 1.165) is 20.9 Å². The molecule has 2 aromatic heterocycles. The van der Waals surface area contributed by atoms with Crippen LogP contribution in [0.15, 0.2) is 128 Å². The van der Waals surface area contributed by atoms with E-state index in [1.165, 1.54) is 47.4 Å². The largest absolute Gasteiger partial charge is 0.481 e. The van der Waals surface area contributed by atoms with Gasteiger partial charge in [-0.2, -0.15) is 0 Å². The number of nitrogens with zero attached hydrogens (tertiary/aromatic N) is 3. The minimum atomic E-state index is -2.04. The molecule has 129 heavy (non-hydrogen) atoms. The third-order valence-electron chi connectivity index (χ3n) is 21.1. The number of nitrogens with one attached hydrogen (secondary N) is 15. The number of fused-ring (bicyclic) bond motifs is 1. The Hall–Kier alpha value is -13.6. The number of amides is 17. The van der Waals surface area contributed by atoms with Crippen molar-refractivity contribution in [2.24, 2.45) is 35.1 Å². The minimum absolute atomic E-state index is 0.110. The zero-order valence-corrected chi connectivity index (χ0v) is 74.6. The molecule has 3 heterocycles. The molecule has 6 aromatic rings. The molecule has 0 saturated carbocycles. The number of benzene rings is 4. The van der Waals surface area contributed by atoms with Crippen molar-refractivity contribution in [1.29, 1.82) is 0 Å². The number of hydrogen-bond acceptors (Lipinski definition) is 21. The van der Waals surface area contributed by atoms with Gasteiger partial charge in [-0.25, -0.2) is 4.98 Å². The lowest BCUT2D eigenvalue weighted by atomic mass is 9.97. The molecular formula is C88H118N20O20S. The van der Waals surface area contributed by atoms with Gasteiger partial charge in [0, 0.05) is 74.5 Å². The lowest BCUT2D eigenvalue weighted by Crippen LogP contribution is -2.61. The number of thioether (sulfide) groups is 1. The van der Waals surface area contributed by atoms with Crippen molar-refractivity contribution in [3.63, 3.8) is 0 Å². The molecule has 4 aromatic carbocycles. The maximum absolute atomic E-state index is 15.4. The predicted molar refractivity (Wildman–Crippen MR) is 474 cm³/mol. The van der Waals surface area contributed by atoms with Gasteiger partial charge in [0.25, 0.3) is 0 Å². The molecule has 17 amide bonds. The molecular weight excluding hydrogens is 1690 g/mol. The summed E-state index contributed by atoms with van der Waals surface area (Å²) in [4.78, 5) is 269. The monoisotopic (exact) mass is 1810 g/mol. The Morgan fingerprint density at radius 2 is 0.938 bits per heavy atom. The normalized spacial score (nSPS) is 23.2. The van der Waals surface area contributed by atoms with Crippen molar-refractivity contribution in [3.8, 4) is 11.1 Å². The molecule has 0 radical (unpaired) electrons. The highest BCUT2D eigenvalue weighted by Crippen LogP contribution is 2.24. The number of aromatic nitrogens is 3. The number of carboxylic acid groups (broad SMARTS) is 1. The summed E-state index contributed by atoms with van der Waals surface area (Å²) >= 11 is 0.710. The molecule has 0 aliphatic carbocycles. The van der Waals surface area contributed by atoms with Crippen molar-refractivity contribution in [2.75, 3.05) is 45.3 Å². The number of imidazole rings is 1. The second kappa shape index (κ2) is 49.5. The van der Waals surface area contributed by atoms with Gasteiger partial charge < -0.3 is 111 Å². The van der Waals surface area contributed by atoms with Gasteiger partial charge >= 0.3 is 5.97 Å². The second-order valence-corrected chi connectivity index (χ2v) is 34.3. The lowest BCUT2D eigenvalue weighted by Gasteiger charge is -2.33. The number of likely N-dealkylation sites (N-methyl/N-ethyl adjacent to an activating group) is 2. The Balaban J connectivity index is 1.29. The number of aliphatic carboxylic acids is 1. The molecule has 696 valence electrons. The van der Waals surface area contributed by atoms with Gasteiger partial charge in [-0.1, -0.05) is 159 Å². The van der Waals surface area contributed by atoms with Crippen LogP contribution in [0.2, 0.25) is 0 Å². The fourth-order valence-electron chi connectivity index (χ4n) is 14.1. The van der Waals surface area contributed by atoms with Gasteiger partial charge in [-0.3, -0.25) is 86.3 Å². The van der Waals surface area contributed by atoms with E-state index < -0.39 is 247 Å². The quantitative estimate of drug-likeness (QED) is 0.0331. The standard InChI is InChI=1S/C88H118N20O20S/c1-46(2)30-59-77(117)99-62(33-52-26-28-54(29-27-52)53-22-16-13-17-23-53)84(124)106-75(49(7)8)88(128)108(11)50(9)87(127)107(10)41-71(112)95-65(36-69(89)110)81(121)98-60(31-47(3)4)83(123)105-74(48(5)6)86(126)103-67(42-109)85(125)104-68(76(116)93-40-70(90)111)43-129-44-72(113)96-61(32-51-20-14-12-15-21-51)78(118)101-64(35-56-39-91-45-94-56)80(120)102-66(37-73(114)115)82(122)100-63(79(119)97-59)34-55-38-92-58-25-19-18-24-57(55)58/h12-29,38-39,45-50,59-68,74-75,92,109H,30-37,40-44H2,1-11H3,(H2,89,110)(H2,90,111)(H,91,94)(H,93,116)(H,95,112)(H,96,113)(H,97,119)(H,98,121)(H,99,117)(H,100,122)(H,101,118)(H,102,120)(H,103,126)(H,104,125)(H,105,123)(H,106,124)(H,114,115)/t50-,59-,60-,61-,62-,63-,64-,65-,66-,67-,68-,74-,75-/m0/s1. The van der Waals surface area contributed by atoms with Crippen LogP contribution in [0.3, 0.4) is 0 Å². The van der Waals surface area contributed by atoms with E-state index in [1.54, 1.807) is 127 Å². The molecule has 1 saturated heterocycles. The summed E-state index contributed by atoms with van der Waals surface area (Å²) in [5.74, 6) is -22.3. The summed E-state index contributed by atoms with van der Waals surface area (Å²) in [7, 11) is 2.48. The average Bonchev–Trinajstić information content (AvgIpc) is 1.79. The Morgan fingerprint density at radius 1 is 0.481 bits per heavy atom. The highest BCUT2D eigenvalue weighted by Gasteiger charge is 2.41. The van der Waals surface area contributed by atoms with Crippen LogP contribution < -0.4 is 80.6 Å². The van der Waals surface area contributed by atoms with Crippen LogP contribution in [0.4, 0.5) is 0 Å². The predicted octanol–water partition coefficient (Wildman–Crippen LogP) is -1.95. The first-order valence-corrected chi connectivity index (χ1v) is 43.3. The number of rotatable bonds is 23. The third kappa shape index (κ3) is 32.0. The summed E-state index contributed by atoms with van der Waals surface area (Å²) < 4.78 is 0. The number of aliphatic hydroxyl groups is 1. The van der Waals surface area contributed by atoms with Crippen molar-refractivity contribution >= 4 is 129 Å². The first-order chi connectivity index (χ1) is 61.1. The van der Waals surface area contributed by atoms with Gasteiger partial charge in [0.1, 0.15) is 78.5 Å². The molecule has 7 rings (SSSR count). The number of primary amides is 2. The van der Waals surface area contributed by atoms with Gasteiger partial charge in [-0.15, -0.1) is 11.8 Å². The number of carbonyl (C=O) groups is 18. The smallest absolute Gasteiger partial charge is 0.305 e. The Morgan fingerprint density at radius 3 is 1.48 bits per heavy atom. The number of nitrogens with two attached hydrogens (primary N) is 2. The van der Waals surface area contributed by atoms with Gasteiger partial charge in [0.15, 0.2) is 0 Å². The molecule has 21 N–H and O–H groups in total. The highest BCUT2D eigenvalue weighted by molar-refractivity contribution is 8.00. The van der Waals surface area contributed by atoms with Crippen LogP contribution in [-0.4, -0.2) is 265 Å². The molecule has 1 aliphatic heterocycles. The van der Waals surface area contributed by atoms with E-state index in [0.29, 0.717) is 39.4 Å². The van der Waals surface area contributed by atoms with Crippen molar-refractivity contribution in [2.45, 2.75) is 192 Å². The van der Waals surface area contributed by atoms with Gasteiger partial charge in [-0.05, 0) is 77.3 Å². The number of para-hydroxylation sites is 1. The first kappa shape index (κ1) is 102. The summed E-state index contributed by atoms with van der Waals surface area (Å²) in [6.07, 6.45) is 0.727. The van der Waals surface area contributed by atoms with E-state index in [9.17, 15) is 77.3 Å². The van der Waals surface area contributed by atoms with E-state index >= 15 is 19.2 Å². The second-order valence-electron chi connectivity index (χ2n) is 33.2. The van der Waals surface area contributed by atoms with E-state index in [4.69, 9.17) is 11.5 Å². The summed E-state index contributed by atoms with van der Waals surface area (Å²) in [6, 6.07) is 10.3. The number of aromatic amines is 2. The fourth-order valence-corrected chi connectivity index (χ4v) is 14.9. The maximum atomic E-state index is 15.4. The zero-order chi connectivity index (χ0) is 95.0. The third-order valence-corrected chi connectivity index (χ3v) is 22.1. The molecule has 1 fully saturated rings. The van der Waals surface area contributed by atoms with Crippen LogP contribution in [0.25, 0.3) is 22.0 Å². The van der Waals surface area contributed by atoms with Gasteiger partial charge in [0.05, 0.1) is 44.6 Å². The lowest BCUT2D eigenvalue weighted by molar-refractivity contribution is -0.147. The van der Waals surface area contributed by atoms with Crippen LogP contribution in [-0.2, 0) is 112 Å². The summed E-state index contributed by atoms with van der Waals surface area (Å²) in [5, 5.41) is 54.7. The molecule has 41 heteroatoms. The van der Waals surface area contributed by atoms with E-state index in [1.807, 2.05) is 30.3 Å². The first-order valence-electron chi connectivity index (χ1n) is 42.2. The van der Waals surface area contributed by atoms with Gasteiger partial charge in [0.2, 0.25) is 100 Å².